The van der Waals surface area contributed by atoms with Crippen LogP contribution in [0, 0.1) is 0 Å². The highest BCUT2D eigenvalue weighted by Crippen LogP contribution is 2.14. The maximum atomic E-state index is 12.3. The minimum Gasteiger partial charge on any atom is -0.378 e. The van der Waals surface area contributed by atoms with Gasteiger partial charge in [0.05, 0.1) is 0 Å². The number of hydrogen-bond acceptors (Lipinski definition) is 3. The minimum absolute atomic E-state index is 0.0125. The molecule has 2 rings (SSSR count). The summed E-state index contributed by atoms with van der Waals surface area (Å²) < 4.78 is 0. The van der Waals surface area contributed by atoms with Crippen molar-refractivity contribution >= 4 is 17.3 Å². The topological polar surface area (TPSA) is 35.6 Å². The number of carbonyl (C=O) groups is 1. The number of carbonyl (C=O) groups excluding carboxylic acids is 1. The first kappa shape index (κ1) is 17.9. The van der Waals surface area contributed by atoms with Crippen LogP contribution in [-0.2, 0) is 0 Å². The highest BCUT2D eigenvalue weighted by atomic mass is 16.1. The molecule has 4 nitrogen and oxygen atoms in total. The van der Waals surface area contributed by atoms with Gasteiger partial charge < -0.3 is 15.1 Å². The van der Waals surface area contributed by atoms with E-state index >= 15 is 0 Å². The van der Waals surface area contributed by atoms with Crippen molar-refractivity contribution in [2.45, 2.75) is 13.3 Å². The van der Waals surface area contributed by atoms with E-state index < -0.39 is 0 Å². The fraction of sp³-hybridized carbons (Fsp3) is 0.350. The van der Waals surface area contributed by atoms with E-state index in [4.69, 9.17) is 0 Å². The van der Waals surface area contributed by atoms with Crippen molar-refractivity contribution < 1.29 is 4.79 Å². The third kappa shape index (κ3) is 5.01. The molecule has 0 radical (unpaired) electrons. The SMILES string of the molecule is CCN(CCCNC(=O)c1cccc(N(C)C)c1)c1ccccc1. The molecular weight excluding hydrogens is 298 g/mol. The van der Waals surface area contributed by atoms with E-state index in [2.05, 4.69) is 41.4 Å². The lowest BCUT2D eigenvalue weighted by Gasteiger charge is -2.23. The van der Waals surface area contributed by atoms with Crippen LogP contribution in [0.1, 0.15) is 23.7 Å². The number of hydrogen-bond donors (Lipinski definition) is 1. The van der Waals surface area contributed by atoms with Crippen molar-refractivity contribution in [3.8, 4) is 0 Å². The number of para-hydroxylation sites is 1. The molecule has 0 aliphatic heterocycles. The zero-order valence-corrected chi connectivity index (χ0v) is 14.8. The lowest BCUT2D eigenvalue weighted by Crippen LogP contribution is -2.30. The number of rotatable bonds is 8. The molecule has 0 bridgehead atoms. The summed E-state index contributed by atoms with van der Waals surface area (Å²) in [7, 11) is 3.94. The van der Waals surface area contributed by atoms with Gasteiger partial charge in [0.2, 0.25) is 0 Å². The normalized spacial score (nSPS) is 10.3. The van der Waals surface area contributed by atoms with Crippen LogP contribution in [-0.4, -0.2) is 39.6 Å². The fourth-order valence-electron chi connectivity index (χ4n) is 2.61. The smallest absolute Gasteiger partial charge is 0.251 e. The summed E-state index contributed by atoms with van der Waals surface area (Å²) in [5, 5.41) is 3.01. The third-order valence-corrected chi connectivity index (χ3v) is 4.02. The summed E-state index contributed by atoms with van der Waals surface area (Å²) >= 11 is 0. The second kappa shape index (κ2) is 8.96. The molecule has 0 aliphatic rings. The summed E-state index contributed by atoms with van der Waals surface area (Å²) in [6.07, 6.45) is 0.918. The molecule has 2 aromatic rings. The summed E-state index contributed by atoms with van der Waals surface area (Å²) in [4.78, 5) is 16.6. The number of nitrogens with one attached hydrogen (secondary N) is 1. The summed E-state index contributed by atoms with van der Waals surface area (Å²) in [6.45, 7) is 4.72. The average Bonchev–Trinajstić information content (AvgIpc) is 2.62. The Bertz CT molecular complexity index is 640. The molecule has 0 heterocycles. The highest BCUT2D eigenvalue weighted by molar-refractivity contribution is 5.95. The molecule has 1 amide bonds. The molecule has 0 atom stereocenters. The van der Waals surface area contributed by atoms with Gasteiger partial charge in [-0.25, -0.2) is 0 Å². The summed E-state index contributed by atoms with van der Waals surface area (Å²) in [5.41, 5.74) is 2.96. The first-order valence-corrected chi connectivity index (χ1v) is 8.47. The Kier molecular flexibility index (Phi) is 6.67. The Hall–Kier alpha value is -2.49. The van der Waals surface area contributed by atoms with Gasteiger partial charge >= 0.3 is 0 Å². The van der Waals surface area contributed by atoms with Crippen molar-refractivity contribution in [1.29, 1.82) is 0 Å². The van der Waals surface area contributed by atoms with E-state index in [1.807, 2.05) is 49.3 Å². The average molecular weight is 325 g/mol. The van der Waals surface area contributed by atoms with Crippen molar-refractivity contribution in [2.24, 2.45) is 0 Å². The maximum Gasteiger partial charge on any atom is 0.251 e. The lowest BCUT2D eigenvalue weighted by molar-refractivity contribution is 0.0953. The number of benzene rings is 2. The van der Waals surface area contributed by atoms with Crippen LogP contribution in [0.3, 0.4) is 0 Å². The molecule has 1 N–H and O–H groups in total. The second-order valence-corrected chi connectivity index (χ2v) is 5.97. The minimum atomic E-state index is -0.0125. The van der Waals surface area contributed by atoms with Crippen LogP contribution in [0.4, 0.5) is 11.4 Å². The van der Waals surface area contributed by atoms with Gasteiger partial charge in [0, 0.05) is 50.7 Å². The fourth-order valence-corrected chi connectivity index (χ4v) is 2.61. The molecule has 128 valence electrons. The van der Waals surface area contributed by atoms with Crippen molar-refractivity contribution in [3.05, 3.63) is 60.2 Å². The largest absolute Gasteiger partial charge is 0.378 e. The number of anilines is 2. The molecule has 0 spiro atoms. The number of amides is 1. The zero-order valence-electron chi connectivity index (χ0n) is 14.8. The van der Waals surface area contributed by atoms with E-state index in [1.165, 1.54) is 5.69 Å². The maximum absolute atomic E-state index is 12.3. The highest BCUT2D eigenvalue weighted by Gasteiger charge is 2.07. The molecule has 4 heteroatoms. The molecule has 24 heavy (non-hydrogen) atoms. The Morgan fingerprint density at radius 2 is 1.71 bits per heavy atom. The van der Waals surface area contributed by atoms with E-state index in [-0.39, 0.29) is 5.91 Å². The first-order valence-electron chi connectivity index (χ1n) is 8.47. The van der Waals surface area contributed by atoms with E-state index in [0.717, 1.165) is 25.2 Å². The zero-order chi connectivity index (χ0) is 17.4. The summed E-state index contributed by atoms with van der Waals surface area (Å²) in [6, 6.07) is 18.1. The summed E-state index contributed by atoms with van der Waals surface area (Å²) in [5.74, 6) is -0.0125. The van der Waals surface area contributed by atoms with E-state index in [9.17, 15) is 4.79 Å². The molecule has 0 unspecified atom stereocenters. The first-order chi connectivity index (χ1) is 11.6. The van der Waals surface area contributed by atoms with Crippen LogP contribution in [0.5, 0.6) is 0 Å². The van der Waals surface area contributed by atoms with Gasteiger partial charge in [-0.15, -0.1) is 0 Å². The Balaban J connectivity index is 1.81. The predicted octanol–water partition coefficient (Wildman–Crippen LogP) is 3.40. The lowest BCUT2D eigenvalue weighted by atomic mass is 10.2. The number of nitrogens with zero attached hydrogens (tertiary/aromatic N) is 2. The molecule has 0 aliphatic carbocycles. The molecular formula is C20H27N3O. The Labute approximate surface area is 145 Å². The van der Waals surface area contributed by atoms with Gasteiger partial charge in [0.15, 0.2) is 0 Å². The van der Waals surface area contributed by atoms with Crippen molar-refractivity contribution in [2.75, 3.05) is 43.5 Å². The van der Waals surface area contributed by atoms with Gasteiger partial charge in [-0.2, -0.15) is 0 Å². The predicted molar refractivity (Wildman–Crippen MR) is 102 cm³/mol. The molecule has 0 saturated heterocycles. The monoisotopic (exact) mass is 325 g/mol. The standard InChI is InChI=1S/C20H27N3O/c1-4-23(18-11-6-5-7-12-18)15-9-14-21-20(24)17-10-8-13-19(16-17)22(2)3/h5-8,10-13,16H,4,9,14-15H2,1-3H3,(H,21,24). The third-order valence-electron chi connectivity index (χ3n) is 4.02. The Morgan fingerprint density at radius 3 is 2.38 bits per heavy atom. The van der Waals surface area contributed by atoms with Crippen LogP contribution in [0.15, 0.2) is 54.6 Å². The van der Waals surface area contributed by atoms with Gasteiger partial charge in [0.1, 0.15) is 0 Å². The van der Waals surface area contributed by atoms with E-state index in [1.54, 1.807) is 0 Å². The van der Waals surface area contributed by atoms with Crippen LogP contribution in [0.25, 0.3) is 0 Å². The van der Waals surface area contributed by atoms with Crippen LogP contribution < -0.4 is 15.1 Å². The molecule has 0 saturated carbocycles. The van der Waals surface area contributed by atoms with Crippen LogP contribution >= 0.6 is 0 Å². The molecule has 0 fully saturated rings. The Morgan fingerprint density at radius 1 is 1.00 bits per heavy atom. The van der Waals surface area contributed by atoms with E-state index in [0.29, 0.717) is 12.1 Å². The van der Waals surface area contributed by atoms with Crippen LogP contribution in [0.2, 0.25) is 0 Å². The van der Waals surface area contributed by atoms with Gasteiger partial charge in [0.25, 0.3) is 5.91 Å². The molecule has 2 aromatic carbocycles. The quantitative estimate of drug-likeness (QED) is 0.756. The second-order valence-electron chi connectivity index (χ2n) is 5.97. The van der Waals surface area contributed by atoms with Gasteiger partial charge in [-0.1, -0.05) is 24.3 Å². The molecule has 0 aromatic heterocycles. The van der Waals surface area contributed by atoms with Crippen molar-refractivity contribution in [3.63, 3.8) is 0 Å². The van der Waals surface area contributed by atoms with Gasteiger partial charge in [-0.3, -0.25) is 4.79 Å². The van der Waals surface area contributed by atoms with Gasteiger partial charge in [-0.05, 0) is 43.7 Å². The van der Waals surface area contributed by atoms with Crippen molar-refractivity contribution in [1.82, 2.24) is 5.32 Å².